The van der Waals surface area contributed by atoms with Crippen molar-refractivity contribution in [2.45, 2.75) is 46.5 Å². The van der Waals surface area contributed by atoms with E-state index in [9.17, 15) is 9.59 Å². The van der Waals surface area contributed by atoms with Crippen molar-refractivity contribution in [3.05, 3.63) is 0 Å². The fourth-order valence-electron chi connectivity index (χ4n) is 2.25. The molecular formula is C14H28N2O3. The lowest BCUT2D eigenvalue weighted by Crippen LogP contribution is -2.38. The second-order valence-electron chi connectivity index (χ2n) is 5.56. The molecule has 0 aliphatic carbocycles. The van der Waals surface area contributed by atoms with Gasteiger partial charge in [-0.05, 0) is 24.7 Å². The van der Waals surface area contributed by atoms with Gasteiger partial charge in [0.25, 0.3) is 0 Å². The maximum absolute atomic E-state index is 11.9. The summed E-state index contributed by atoms with van der Waals surface area (Å²) in [6.07, 6.45) is 2.59. The molecule has 0 rings (SSSR count). The summed E-state index contributed by atoms with van der Waals surface area (Å²) in [5.74, 6) is -0.620. The van der Waals surface area contributed by atoms with Gasteiger partial charge in [0, 0.05) is 19.5 Å². The third-order valence-electron chi connectivity index (χ3n) is 3.13. The van der Waals surface area contributed by atoms with Crippen LogP contribution in [0.2, 0.25) is 0 Å². The molecule has 1 amide bonds. The maximum atomic E-state index is 11.9. The molecule has 0 aromatic carbocycles. The van der Waals surface area contributed by atoms with E-state index in [0.29, 0.717) is 19.0 Å². The molecule has 19 heavy (non-hydrogen) atoms. The molecule has 0 saturated heterocycles. The van der Waals surface area contributed by atoms with Gasteiger partial charge in [0.15, 0.2) is 0 Å². The molecular weight excluding hydrogens is 244 g/mol. The Kier molecular flexibility index (Phi) is 9.21. The SMILES string of the molecule is CCCC(CN)C(=O)NC[C@H](CC(=O)O)CC(C)C. The lowest BCUT2D eigenvalue weighted by molar-refractivity contribution is -0.138. The number of nitrogens with one attached hydrogen (secondary N) is 1. The third-order valence-corrected chi connectivity index (χ3v) is 3.13. The maximum Gasteiger partial charge on any atom is 0.303 e. The van der Waals surface area contributed by atoms with E-state index in [0.717, 1.165) is 19.3 Å². The Hall–Kier alpha value is -1.10. The fourth-order valence-corrected chi connectivity index (χ4v) is 2.25. The minimum absolute atomic E-state index is 0.0125. The number of carbonyl (C=O) groups is 2. The Labute approximate surface area is 115 Å². The van der Waals surface area contributed by atoms with Crippen LogP contribution in [0.3, 0.4) is 0 Å². The lowest BCUT2D eigenvalue weighted by Gasteiger charge is -2.20. The fraction of sp³-hybridized carbons (Fsp3) is 0.857. The predicted octanol–water partition coefficient (Wildman–Crippen LogP) is 1.61. The minimum atomic E-state index is -0.816. The van der Waals surface area contributed by atoms with Crippen LogP contribution in [0.4, 0.5) is 0 Å². The number of amides is 1. The van der Waals surface area contributed by atoms with Gasteiger partial charge >= 0.3 is 5.97 Å². The number of carboxylic acid groups (broad SMARTS) is 1. The monoisotopic (exact) mass is 272 g/mol. The quantitative estimate of drug-likeness (QED) is 0.563. The molecule has 0 radical (unpaired) electrons. The molecule has 0 fully saturated rings. The van der Waals surface area contributed by atoms with Gasteiger partial charge in [-0.2, -0.15) is 0 Å². The molecule has 112 valence electrons. The molecule has 0 aliphatic rings. The topological polar surface area (TPSA) is 92.4 Å². The van der Waals surface area contributed by atoms with Crippen molar-refractivity contribution in [1.29, 1.82) is 0 Å². The molecule has 5 heteroatoms. The van der Waals surface area contributed by atoms with E-state index in [-0.39, 0.29) is 24.2 Å². The van der Waals surface area contributed by atoms with E-state index in [2.05, 4.69) is 19.2 Å². The van der Waals surface area contributed by atoms with Crippen molar-refractivity contribution in [2.24, 2.45) is 23.5 Å². The standard InChI is InChI=1S/C14H28N2O3/c1-4-5-12(8-15)14(19)16-9-11(6-10(2)3)7-13(17)18/h10-12H,4-9,15H2,1-3H3,(H,16,19)(H,17,18)/t11-,12?/m0/s1. The second-order valence-corrected chi connectivity index (χ2v) is 5.56. The van der Waals surface area contributed by atoms with E-state index in [4.69, 9.17) is 10.8 Å². The second kappa shape index (κ2) is 9.78. The van der Waals surface area contributed by atoms with Crippen LogP contribution < -0.4 is 11.1 Å². The molecule has 5 nitrogen and oxygen atoms in total. The van der Waals surface area contributed by atoms with Crippen LogP contribution in [0.5, 0.6) is 0 Å². The zero-order valence-corrected chi connectivity index (χ0v) is 12.3. The number of aliphatic carboxylic acids is 1. The first-order valence-corrected chi connectivity index (χ1v) is 7.10. The molecule has 0 heterocycles. The summed E-state index contributed by atoms with van der Waals surface area (Å²) in [4.78, 5) is 22.7. The number of carbonyl (C=O) groups excluding carboxylic acids is 1. The summed E-state index contributed by atoms with van der Waals surface area (Å²) >= 11 is 0. The van der Waals surface area contributed by atoms with Crippen LogP contribution in [0.1, 0.15) is 46.5 Å². The molecule has 4 N–H and O–H groups in total. The Bertz CT molecular complexity index is 280. The highest BCUT2D eigenvalue weighted by Crippen LogP contribution is 2.15. The van der Waals surface area contributed by atoms with Gasteiger partial charge in [0.05, 0.1) is 5.92 Å². The van der Waals surface area contributed by atoms with Crippen molar-refractivity contribution in [2.75, 3.05) is 13.1 Å². The minimum Gasteiger partial charge on any atom is -0.481 e. The zero-order chi connectivity index (χ0) is 14.8. The summed E-state index contributed by atoms with van der Waals surface area (Å²) < 4.78 is 0. The summed E-state index contributed by atoms with van der Waals surface area (Å²) in [7, 11) is 0. The number of hydrogen-bond acceptors (Lipinski definition) is 3. The summed E-state index contributed by atoms with van der Waals surface area (Å²) in [5, 5.41) is 11.7. The summed E-state index contributed by atoms with van der Waals surface area (Å²) in [6, 6.07) is 0. The summed E-state index contributed by atoms with van der Waals surface area (Å²) in [6.45, 7) is 6.88. The number of rotatable bonds is 10. The molecule has 0 spiro atoms. The first-order valence-electron chi connectivity index (χ1n) is 7.10. The number of carboxylic acids is 1. The van der Waals surface area contributed by atoms with E-state index in [1.54, 1.807) is 0 Å². The van der Waals surface area contributed by atoms with Crippen LogP contribution in [0.25, 0.3) is 0 Å². The molecule has 0 aromatic heterocycles. The Morgan fingerprint density at radius 2 is 1.95 bits per heavy atom. The highest BCUT2D eigenvalue weighted by molar-refractivity contribution is 5.78. The van der Waals surface area contributed by atoms with E-state index < -0.39 is 5.97 Å². The van der Waals surface area contributed by atoms with Crippen molar-refractivity contribution in [3.8, 4) is 0 Å². The highest BCUT2D eigenvalue weighted by atomic mass is 16.4. The first-order chi connectivity index (χ1) is 8.90. The first kappa shape index (κ1) is 17.9. The van der Waals surface area contributed by atoms with E-state index >= 15 is 0 Å². The van der Waals surface area contributed by atoms with Crippen molar-refractivity contribution in [3.63, 3.8) is 0 Å². The van der Waals surface area contributed by atoms with Gasteiger partial charge in [-0.1, -0.05) is 27.2 Å². The van der Waals surface area contributed by atoms with Gasteiger partial charge in [-0.25, -0.2) is 0 Å². The van der Waals surface area contributed by atoms with Gasteiger partial charge in [-0.15, -0.1) is 0 Å². The van der Waals surface area contributed by atoms with Crippen LogP contribution in [0, 0.1) is 17.8 Å². The average molecular weight is 272 g/mol. The number of nitrogens with two attached hydrogens (primary N) is 1. The Balaban J connectivity index is 4.28. The predicted molar refractivity (Wildman–Crippen MR) is 75.7 cm³/mol. The van der Waals surface area contributed by atoms with Gasteiger partial charge < -0.3 is 16.2 Å². The molecule has 0 bridgehead atoms. The Morgan fingerprint density at radius 1 is 1.32 bits per heavy atom. The van der Waals surface area contributed by atoms with Crippen molar-refractivity contribution < 1.29 is 14.7 Å². The Morgan fingerprint density at radius 3 is 2.37 bits per heavy atom. The lowest BCUT2D eigenvalue weighted by atomic mass is 9.93. The molecule has 0 saturated carbocycles. The third kappa shape index (κ3) is 8.59. The van der Waals surface area contributed by atoms with Crippen LogP contribution >= 0.6 is 0 Å². The molecule has 1 unspecified atom stereocenters. The normalized spacial score (nSPS) is 14.2. The largest absolute Gasteiger partial charge is 0.481 e. The van der Waals surface area contributed by atoms with Gasteiger partial charge in [-0.3, -0.25) is 9.59 Å². The average Bonchev–Trinajstić information content (AvgIpc) is 2.31. The zero-order valence-electron chi connectivity index (χ0n) is 12.3. The van der Waals surface area contributed by atoms with Gasteiger partial charge in [0.1, 0.15) is 0 Å². The number of hydrogen-bond donors (Lipinski definition) is 3. The van der Waals surface area contributed by atoms with Crippen molar-refractivity contribution in [1.82, 2.24) is 5.32 Å². The van der Waals surface area contributed by atoms with E-state index in [1.807, 2.05) is 6.92 Å². The molecule has 0 aliphatic heterocycles. The molecule has 2 atom stereocenters. The molecule has 0 aromatic rings. The van der Waals surface area contributed by atoms with Crippen LogP contribution in [-0.2, 0) is 9.59 Å². The van der Waals surface area contributed by atoms with E-state index in [1.165, 1.54) is 0 Å². The van der Waals surface area contributed by atoms with Crippen LogP contribution in [0.15, 0.2) is 0 Å². The summed E-state index contributed by atoms with van der Waals surface area (Å²) in [5.41, 5.74) is 5.57. The smallest absolute Gasteiger partial charge is 0.303 e. The van der Waals surface area contributed by atoms with Crippen LogP contribution in [-0.4, -0.2) is 30.1 Å². The van der Waals surface area contributed by atoms with Gasteiger partial charge in [0.2, 0.25) is 5.91 Å². The highest BCUT2D eigenvalue weighted by Gasteiger charge is 2.19. The van der Waals surface area contributed by atoms with Crippen molar-refractivity contribution >= 4 is 11.9 Å².